The zero-order valence-corrected chi connectivity index (χ0v) is 9.31. The van der Waals surface area contributed by atoms with Crippen LogP contribution in [0.3, 0.4) is 0 Å². The Balaban J connectivity index is 3.11. The minimum atomic E-state index is 0.606. The van der Waals surface area contributed by atoms with Gasteiger partial charge in [0.1, 0.15) is 0 Å². The molecular formula is C13H19. The predicted molar refractivity (Wildman–Crippen MR) is 58.2 cm³/mol. The van der Waals surface area contributed by atoms with Gasteiger partial charge >= 0.3 is 0 Å². The molecule has 1 aromatic carbocycles. The summed E-state index contributed by atoms with van der Waals surface area (Å²) >= 11 is 0. The lowest BCUT2D eigenvalue weighted by Gasteiger charge is -2.13. The zero-order valence-electron chi connectivity index (χ0n) is 9.31. The molecule has 0 heterocycles. The monoisotopic (exact) mass is 175 g/mol. The summed E-state index contributed by atoms with van der Waals surface area (Å²) in [6.07, 6.45) is 0. The first-order chi connectivity index (χ1) is 6.02. The molecule has 0 atom stereocenters. The molecule has 0 unspecified atom stereocenters. The molecule has 1 rings (SSSR count). The predicted octanol–water partition coefficient (Wildman–Crippen LogP) is 4.04. The molecule has 0 saturated heterocycles. The van der Waals surface area contributed by atoms with E-state index in [4.69, 9.17) is 0 Å². The number of benzene rings is 1. The van der Waals surface area contributed by atoms with Crippen LogP contribution in [0.2, 0.25) is 0 Å². The third-order valence-corrected chi connectivity index (χ3v) is 2.50. The number of hydrogen-bond acceptors (Lipinski definition) is 0. The molecule has 0 bridgehead atoms. The van der Waals surface area contributed by atoms with E-state index in [-0.39, 0.29) is 0 Å². The number of aryl methyl sites for hydroxylation is 1. The topological polar surface area (TPSA) is 0 Å². The summed E-state index contributed by atoms with van der Waals surface area (Å²) in [4.78, 5) is 0. The minimum Gasteiger partial charge on any atom is -0.0587 e. The largest absolute Gasteiger partial charge is 0.0587 e. The van der Waals surface area contributed by atoms with Crippen molar-refractivity contribution in [1.29, 1.82) is 0 Å². The molecule has 0 aliphatic rings. The first kappa shape index (κ1) is 10.3. The van der Waals surface area contributed by atoms with Crippen LogP contribution in [0.4, 0.5) is 0 Å². The standard InChI is InChI=1S/C13H19/c1-9(2)12-7-6-11(5)13(8-12)10(3)4/h7-10H,1-5H3. The van der Waals surface area contributed by atoms with Gasteiger partial charge in [0.05, 0.1) is 0 Å². The summed E-state index contributed by atoms with van der Waals surface area (Å²) in [5.41, 5.74) is 4.12. The normalized spacial score (nSPS) is 11.3. The fraction of sp³-hybridized carbons (Fsp3) is 0.538. The second kappa shape index (κ2) is 3.95. The van der Waals surface area contributed by atoms with Crippen molar-refractivity contribution in [3.63, 3.8) is 0 Å². The van der Waals surface area contributed by atoms with Crippen molar-refractivity contribution in [3.05, 3.63) is 34.9 Å². The van der Waals surface area contributed by atoms with E-state index in [2.05, 4.69) is 52.8 Å². The SMILES string of the molecule is Cc1[c]cc(C(C)C)cc1C(C)C. The minimum absolute atomic E-state index is 0.606. The van der Waals surface area contributed by atoms with E-state index in [9.17, 15) is 0 Å². The summed E-state index contributed by atoms with van der Waals surface area (Å²) < 4.78 is 0. The maximum absolute atomic E-state index is 3.33. The van der Waals surface area contributed by atoms with Gasteiger partial charge in [0.25, 0.3) is 0 Å². The molecule has 1 aromatic rings. The summed E-state index contributed by atoms with van der Waals surface area (Å²) in [7, 11) is 0. The quantitative estimate of drug-likeness (QED) is 0.636. The van der Waals surface area contributed by atoms with Crippen LogP contribution in [-0.4, -0.2) is 0 Å². The lowest BCUT2D eigenvalue weighted by molar-refractivity contribution is 0.826. The molecule has 1 radical (unpaired) electrons. The maximum Gasteiger partial charge on any atom is -0.0146 e. The second-order valence-corrected chi connectivity index (χ2v) is 4.32. The lowest BCUT2D eigenvalue weighted by Crippen LogP contribution is -1.96. The summed E-state index contributed by atoms with van der Waals surface area (Å²) in [6.45, 7) is 11.1. The van der Waals surface area contributed by atoms with Gasteiger partial charge in [-0.2, -0.15) is 0 Å². The molecule has 0 amide bonds. The van der Waals surface area contributed by atoms with E-state index < -0.39 is 0 Å². The third kappa shape index (κ3) is 2.33. The fourth-order valence-corrected chi connectivity index (χ4v) is 1.54. The molecule has 0 aromatic heterocycles. The maximum atomic E-state index is 3.33. The Bertz CT molecular complexity index is 282. The zero-order chi connectivity index (χ0) is 10.0. The average molecular weight is 175 g/mol. The first-order valence-corrected chi connectivity index (χ1v) is 5.04. The van der Waals surface area contributed by atoms with Crippen molar-refractivity contribution in [2.24, 2.45) is 0 Å². The van der Waals surface area contributed by atoms with Gasteiger partial charge in [-0.1, -0.05) is 39.8 Å². The third-order valence-electron chi connectivity index (χ3n) is 2.50. The van der Waals surface area contributed by atoms with E-state index in [1.807, 2.05) is 0 Å². The molecular weight excluding hydrogens is 156 g/mol. The van der Waals surface area contributed by atoms with Crippen LogP contribution in [0.1, 0.15) is 56.2 Å². The fourth-order valence-electron chi connectivity index (χ4n) is 1.54. The van der Waals surface area contributed by atoms with E-state index in [0.717, 1.165) is 0 Å². The lowest BCUT2D eigenvalue weighted by atomic mass is 9.92. The molecule has 0 nitrogen and oxygen atoms in total. The highest BCUT2D eigenvalue weighted by Gasteiger charge is 2.06. The smallest absolute Gasteiger partial charge is 0.0146 e. The van der Waals surface area contributed by atoms with Gasteiger partial charge in [-0.15, -0.1) is 0 Å². The van der Waals surface area contributed by atoms with E-state index in [1.165, 1.54) is 16.7 Å². The van der Waals surface area contributed by atoms with Gasteiger partial charge < -0.3 is 0 Å². The molecule has 13 heavy (non-hydrogen) atoms. The average Bonchev–Trinajstić information content (AvgIpc) is 2.04. The summed E-state index contributed by atoms with van der Waals surface area (Å²) in [6, 6.07) is 7.77. The number of hydrogen-bond donors (Lipinski definition) is 0. The van der Waals surface area contributed by atoms with Gasteiger partial charge in [0, 0.05) is 0 Å². The van der Waals surface area contributed by atoms with Crippen molar-refractivity contribution < 1.29 is 0 Å². The van der Waals surface area contributed by atoms with Crippen molar-refractivity contribution in [1.82, 2.24) is 0 Å². The van der Waals surface area contributed by atoms with Gasteiger partial charge in [0.15, 0.2) is 0 Å². The number of rotatable bonds is 2. The van der Waals surface area contributed by atoms with Crippen LogP contribution < -0.4 is 0 Å². The van der Waals surface area contributed by atoms with Crippen molar-refractivity contribution in [3.8, 4) is 0 Å². The molecule has 71 valence electrons. The van der Waals surface area contributed by atoms with Crippen molar-refractivity contribution >= 4 is 0 Å². The van der Waals surface area contributed by atoms with E-state index in [0.29, 0.717) is 11.8 Å². The molecule has 0 fully saturated rings. The summed E-state index contributed by atoms with van der Waals surface area (Å²) in [5, 5.41) is 0. The Morgan fingerprint density at radius 3 is 2.15 bits per heavy atom. The Kier molecular flexibility index (Phi) is 3.13. The molecule has 0 heteroatoms. The van der Waals surface area contributed by atoms with E-state index >= 15 is 0 Å². The second-order valence-electron chi connectivity index (χ2n) is 4.32. The molecule has 0 aliphatic carbocycles. The highest BCUT2D eigenvalue weighted by molar-refractivity contribution is 5.33. The first-order valence-electron chi connectivity index (χ1n) is 5.04. The Hall–Kier alpha value is -0.780. The molecule has 0 N–H and O–H groups in total. The summed E-state index contributed by atoms with van der Waals surface area (Å²) in [5.74, 6) is 1.21. The highest BCUT2D eigenvalue weighted by Crippen LogP contribution is 2.23. The van der Waals surface area contributed by atoms with Crippen LogP contribution >= 0.6 is 0 Å². The van der Waals surface area contributed by atoms with Crippen LogP contribution in [0.15, 0.2) is 12.1 Å². The van der Waals surface area contributed by atoms with E-state index in [1.54, 1.807) is 0 Å². The Morgan fingerprint density at radius 2 is 1.69 bits per heavy atom. The van der Waals surface area contributed by atoms with Gasteiger partial charge in [-0.25, -0.2) is 0 Å². The molecule has 0 aliphatic heterocycles. The van der Waals surface area contributed by atoms with Crippen molar-refractivity contribution in [2.45, 2.75) is 46.5 Å². The highest BCUT2D eigenvalue weighted by atomic mass is 14.1. The van der Waals surface area contributed by atoms with Gasteiger partial charge in [0.2, 0.25) is 0 Å². The van der Waals surface area contributed by atoms with Crippen molar-refractivity contribution in [2.75, 3.05) is 0 Å². The Morgan fingerprint density at radius 1 is 1.08 bits per heavy atom. The van der Waals surface area contributed by atoms with Crippen LogP contribution in [-0.2, 0) is 0 Å². The van der Waals surface area contributed by atoms with Crippen LogP contribution in [0.25, 0.3) is 0 Å². The van der Waals surface area contributed by atoms with Gasteiger partial charge in [-0.05, 0) is 41.5 Å². The Labute approximate surface area is 82.0 Å². The van der Waals surface area contributed by atoms with Crippen LogP contribution in [0, 0.1) is 13.0 Å². The molecule has 0 spiro atoms. The molecule has 0 saturated carbocycles. The van der Waals surface area contributed by atoms with Crippen LogP contribution in [0.5, 0.6) is 0 Å². The van der Waals surface area contributed by atoms with Gasteiger partial charge in [-0.3, -0.25) is 0 Å².